The lowest BCUT2D eigenvalue weighted by atomic mass is 9.86. The number of carbonyl (C=O) groups excluding carboxylic acids is 8. The Morgan fingerprint density at radius 1 is 0.812 bits per heavy atom. The Bertz CT molecular complexity index is 2210. The summed E-state index contributed by atoms with van der Waals surface area (Å²) in [6, 6.07) is 5.26. The summed E-state index contributed by atoms with van der Waals surface area (Å²) in [7, 11) is 3.27. The summed E-state index contributed by atoms with van der Waals surface area (Å²) in [5.74, 6) is -4.40. The average molecular weight is 1120 g/mol. The Balaban J connectivity index is 1.69. The van der Waals surface area contributed by atoms with Crippen LogP contribution in [0.1, 0.15) is 120 Å². The largest absolute Gasteiger partial charge is 0.395 e. The molecule has 0 spiro atoms. The summed E-state index contributed by atoms with van der Waals surface area (Å²) < 4.78 is 12.4. The van der Waals surface area contributed by atoms with Crippen molar-refractivity contribution >= 4 is 47.3 Å². The molecule has 8 amide bonds. The number of likely N-dealkylation sites (N-methyl/N-ethyl adjacent to an activating group) is 1. The van der Waals surface area contributed by atoms with E-state index in [-0.39, 0.29) is 92.6 Å². The molecule has 0 radical (unpaired) electrons. The second kappa shape index (κ2) is 35.2. The van der Waals surface area contributed by atoms with Gasteiger partial charge in [0.2, 0.25) is 47.3 Å². The number of aliphatic hydroxyl groups is 1. The lowest BCUT2D eigenvalue weighted by Crippen LogP contribution is -2.60. The molecule has 2 aliphatic rings. The van der Waals surface area contributed by atoms with E-state index in [1.807, 2.05) is 103 Å². The van der Waals surface area contributed by atoms with Crippen LogP contribution in [0.25, 0.3) is 0 Å². The number of benzene rings is 1. The number of ether oxygens (including phenoxy) is 2. The van der Waals surface area contributed by atoms with E-state index in [1.54, 1.807) is 43.3 Å². The van der Waals surface area contributed by atoms with Crippen LogP contribution in [0.2, 0.25) is 0 Å². The first-order valence-electron chi connectivity index (χ1n) is 28.9. The Morgan fingerprint density at radius 2 is 1.50 bits per heavy atom. The van der Waals surface area contributed by atoms with Crippen molar-refractivity contribution in [2.75, 3.05) is 66.8 Å². The van der Waals surface area contributed by atoms with Crippen molar-refractivity contribution in [2.24, 2.45) is 35.3 Å². The maximum Gasteiger partial charge on any atom is 0.245 e. The number of aliphatic hydroxyl groups excluding tert-OH is 1. The first kappa shape index (κ1) is 68.5. The maximum absolute atomic E-state index is 14.6. The topological polar surface area (TPSA) is 283 Å². The molecule has 1 aliphatic heterocycles. The molecule has 0 aromatic heterocycles. The lowest BCUT2D eigenvalue weighted by molar-refractivity contribution is -0.147. The zero-order chi connectivity index (χ0) is 59.6. The van der Waals surface area contributed by atoms with Gasteiger partial charge in [0.1, 0.15) is 24.9 Å². The zero-order valence-electron chi connectivity index (χ0n) is 49.9. The van der Waals surface area contributed by atoms with Crippen LogP contribution in [-0.2, 0) is 54.3 Å². The number of amides is 8. The van der Waals surface area contributed by atoms with Crippen LogP contribution in [0.5, 0.6) is 0 Å². The van der Waals surface area contributed by atoms with Crippen LogP contribution in [-0.4, -0.2) is 182 Å². The Kier molecular flexibility index (Phi) is 30.1. The number of nitrogens with one attached hydrogen (secondary N) is 6. The number of methoxy groups -OCH3 is 1. The molecule has 450 valence electrons. The quantitative estimate of drug-likeness (QED) is 0.0455. The minimum absolute atomic E-state index is 0.000711. The molecule has 1 aromatic carbocycles. The van der Waals surface area contributed by atoms with Crippen LogP contribution < -0.4 is 37.6 Å². The number of likely N-dealkylation sites (tertiary alicyclic amines) is 1. The molecule has 1 heterocycles. The van der Waals surface area contributed by atoms with E-state index < -0.39 is 78.5 Å². The van der Waals surface area contributed by atoms with Gasteiger partial charge in [0, 0.05) is 45.6 Å². The summed E-state index contributed by atoms with van der Waals surface area (Å²) in [5, 5.41) is 26.3. The van der Waals surface area contributed by atoms with E-state index >= 15 is 0 Å². The summed E-state index contributed by atoms with van der Waals surface area (Å²) in [5.41, 5.74) is 6.91. The molecule has 9 N–H and O–H groups in total. The number of hydrogen-bond acceptors (Lipinski definition) is 13. The third-order valence-corrected chi connectivity index (χ3v) is 15.6. The predicted molar refractivity (Wildman–Crippen MR) is 308 cm³/mol. The number of allylic oxidation sites excluding steroid dienone is 2. The molecule has 21 heteroatoms. The van der Waals surface area contributed by atoms with Gasteiger partial charge in [0.15, 0.2) is 0 Å². The maximum atomic E-state index is 14.6. The van der Waals surface area contributed by atoms with Crippen LogP contribution in [0.15, 0.2) is 54.1 Å². The third-order valence-electron chi connectivity index (χ3n) is 15.6. The average Bonchev–Trinajstić information content (AvgIpc) is 3.95. The van der Waals surface area contributed by atoms with Crippen molar-refractivity contribution in [1.29, 1.82) is 0 Å². The fourth-order valence-corrected chi connectivity index (χ4v) is 10.8. The SMILES string of the molecule is CCCN(CCO)[C@H](C(=O)N[C@H](C(=O)N(C)[C@@H](C(C)CC)[C@@H](CC(=O)N1CCC[C@H]1C(C)[C@@H](C)C(=O)N[C@H](C)[C@@H](OCNC(=O)CNC(=O)[C@H](Cc1ccccc1)NC(=O)CNC(=O)CN)C1=CCCC=C1)OC)C(C)C)C(C)C. The Labute approximate surface area is 476 Å². The van der Waals surface area contributed by atoms with Crippen molar-refractivity contribution in [2.45, 2.75) is 169 Å². The number of carbonyl (C=O) groups is 8. The van der Waals surface area contributed by atoms with Crippen LogP contribution >= 0.6 is 0 Å². The normalized spacial score (nSPS) is 18.1. The fourth-order valence-electron chi connectivity index (χ4n) is 10.8. The number of nitrogens with two attached hydrogens (primary N) is 1. The van der Waals surface area contributed by atoms with E-state index in [9.17, 15) is 43.5 Å². The van der Waals surface area contributed by atoms with Crippen LogP contribution in [0, 0.1) is 29.6 Å². The summed E-state index contributed by atoms with van der Waals surface area (Å²) >= 11 is 0. The van der Waals surface area contributed by atoms with Gasteiger partial charge in [-0.2, -0.15) is 0 Å². The first-order chi connectivity index (χ1) is 38.0. The third kappa shape index (κ3) is 21.0. The van der Waals surface area contributed by atoms with Crippen molar-refractivity contribution < 1.29 is 52.9 Å². The molecule has 1 fully saturated rings. The lowest BCUT2D eigenvalue weighted by Gasteiger charge is -2.41. The number of nitrogens with zero attached hydrogens (tertiary/aromatic N) is 3. The van der Waals surface area contributed by atoms with E-state index in [1.165, 1.54) is 0 Å². The molecule has 1 aliphatic carbocycles. The van der Waals surface area contributed by atoms with Gasteiger partial charge in [0.25, 0.3) is 0 Å². The molecule has 0 bridgehead atoms. The zero-order valence-corrected chi connectivity index (χ0v) is 49.9. The molecule has 21 nitrogen and oxygen atoms in total. The van der Waals surface area contributed by atoms with Gasteiger partial charge in [-0.05, 0) is 80.4 Å². The smallest absolute Gasteiger partial charge is 0.245 e. The monoisotopic (exact) mass is 1120 g/mol. The van der Waals surface area contributed by atoms with Crippen molar-refractivity contribution in [3.8, 4) is 0 Å². The first-order valence-corrected chi connectivity index (χ1v) is 28.9. The Hall–Kier alpha value is -5.74. The van der Waals surface area contributed by atoms with Crippen molar-refractivity contribution in [1.82, 2.24) is 46.6 Å². The second-order valence-corrected chi connectivity index (χ2v) is 22.2. The molecule has 3 rings (SSSR count). The van der Waals surface area contributed by atoms with Crippen molar-refractivity contribution in [3.63, 3.8) is 0 Å². The molecule has 1 saturated heterocycles. The summed E-state index contributed by atoms with van der Waals surface area (Å²) in [6.07, 6.45) is 9.34. The summed E-state index contributed by atoms with van der Waals surface area (Å²) in [6.45, 7) is 19.5. The van der Waals surface area contributed by atoms with Gasteiger partial charge < -0.3 is 62.0 Å². The minimum atomic E-state index is -1.05. The second-order valence-electron chi connectivity index (χ2n) is 22.2. The van der Waals surface area contributed by atoms with E-state index in [2.05, 4.69) is 31.9 Å². The van der Waals surface area contributed by atoms with Crippen LogP contribution in [0.4, 0.5) is 0 Å². The predicted octanol–water partition coefficient (Wildman–Crippen LogP) is 2.56. The van der Waals surface area contributed by atoms with Gasteiger partial charge in [-0.3, -0.25) is 43.3 Å². The van der Waals surface area contributed by atoms with E-state index in [0.29, 0.717) is 32.5 Å². The highest BCUT2D eigenvalue weighted by molar-refractivity contribution is 5.93. The summed E-state index contributed by atoms with van der Waals surface area (Å²) in [4.78, 5) is 113. The van der Waals surface area contributed by atoms with Crippen LogP contribution in [0.3, 0.4) is 0 Å². The molecule has 11 atom stereocenters. The highest BCUT2D eigenvalue weighted by Gasteiger charge is 2.42. The van der Waals surface area contributed by atoms with Gasteiger partial charge in [-0.25, -0.2) is 0 Å². The van der Waals surface area contributed by atoms with E-state index in [0.717, 1.165) is 36.8 Å². The highest BCUT2D eigenvalue weighted by atomic mass is 16.5. The van der Waals surface area contributed by atoms with Gasteiger partial charge in [0.05, 0.1) is 56.9 Å². The number of hydrogen-bond donors (Lipinski definition) is 8. The van der Waals surface area contributed by atoms with Gasteiger partial charge in [-0.1, -0.05) is 117 Å². The molecule has 0 saturated carbocycles. The molecular formula is C59H98N10O11. The van der Waals surface area contributed by atoms with Gasteiger partial charge >= 0.3 is 0 Å². The number of rotatable bonds is 35. The molecular weight excluding hydrogens is 1020 g/mol. The van der Waals surface area contributed by atoms with E-state index in [4.69, 9.17) is 15.2 Å². The molecule has 1 aromatic rings. The Morgan fingerprint density at radius 3 is 2.09 bits per heavy atom. The standard InChI is InChI=1S/C59H98N10O11/c1-13-27-68(29-30-70)53(38(5)6)58(77)66-52(37(3)4)59(78)67(11)54(39(7)14-2)47(79-12)32-51(74)69-28-21-26-46(69)40(8)41(9)56(75)64-42(10)55(44-24-19-16-20-25-44)80-36-63-49(72)34-62-57(76)45(31-43-22-17-15-18-23-43)65-50(73)35-61-48(71)33-60/h15,17-19,22-25,37-42,45-47,52-55,70H,13-14,16,20-21,26-36,60H2,1-12H3,(H,61,71)(H,62,76)(H,63,72)(H,64,75)(H,65,73)(H,66,77)/t39?,40?,41-,42-,45+,46+,47-,52+,53+,54+,55-/m1/s1. The fraction of sp³-hybridized carbons (Fsp3) is 0.695. The van der Waals surface area contributed by atoms with Gasteiger partial charge in [-0.15, -0.1) is 0 Å². The van der Waals surface area contributed by atoms with Crippen molar-refractivity contribution in [3.05, 3.63) is 59.7 Å². The molecule has 2 unspecified atom stereocenters. The molecule has 80 heavy (non-hydrogen) atoms. The minimum Gasteiger partial charge on any atom is -0.395 e. The highest BCUT2D eigenvalue weighted by Crippen LogP contribution is 2.32.